The molecule has 0 unspecified atom stereocenters. The number of anilines is 1. The van der Waals surface area contributed by atoms with E-state index < -0.39 is 0 Å². The Kier molecular flexibility index (Phi) is 4.45. The molecule has 0 radical (unpaired) electrons. The molecule has 0 aliphatic heterocycles. The van der Waals surface area contributed by atoms with E-state index in [-0.39, 0.29) is 5.91 Å². The van der Waals surface area contributed by atoms with Crippen molar-refractivity contribution in [2.45, 2.75) is 13.8 Å². The zero-order valence-electron chi connectivity index (χ0n) is 11.7. The minimum atomic E-state index is -0.179. The molecule has 0 spiro atoms. The topological polar surface area (TPSA) is 38.3 Å². The first-order valence-corrected chi connectivity index (χ1v) is 7.03. The smallest absolute Gasteiger partial charge is 0.259 e. The molecule has 0 aliphatic carbocycles. The van der Waals surface area contributed by atoms with Gasteiger partial charge in [-0.1, -0.05) is 34.1 Å². The summed E-state index contributed by atoms with van der Waals surface area (Å²) >= 11 is 3.46. The van der Waals surface area contributed by atoms with Crippen molar-refractivity contribution in [1.82, 2.24) is 0 Å². The second kappa shape index (κ2) is 6.09. The molecule has 4 heteroatoms. The lowest BCUT2D eigenvalue weighted by atomic mass is 10.1. The maximum Gasteiger partial charge on any atom is 0.259 e. The number of hydrogen-bond donors (Lipinski definition) is 1. The predicted octanol–water partition coefficient (Wildman–Crippen LogP) is 4.33. The highest BCUT2D eigenvalue weighted by Gasteiger charge is 2.14. The van der Waals surface area contributed by atoms with Crippen LogP contribution >= 0.6 is 15.9 Å². The van der Waals surface area contributed by atoms with E-state index in [0.29, 0.717) is 11.3 Å². The van der Waals surface area contributed by atoms with Crippen molar-refractivity contribution in [3.8, 4) is 5.75 Å². The summed E-state index contributed by atoms with van der Waals surface area (Å²) in [5.74, 6) is 0.428. The van der Waals surface area contributed by atoms with Crippen LogP contribution in [0.1, 0.15) is 21.5 Å². The van der Waals surface area contributed by atoms with Crippen molar-refractivity contribution in [2.24, 2.45) is 0 Å². The standard InChI is InChI=1S/C16H16BrNO2/c1-10-7-8-12(9-14(10)17)18-16(19)13-6-4-5-11(2)15(13)20-3/h4-9H,1-3H3,(H,18,19). The number of nitrogens with one attached hydrogen (secondary N) is 1. The molecule has 20 heavy (non-hydrogen) atoms. The number of halogens is 1. The molecule has 0 aromatic heterocycles. The molecule has 104 valence electrons. The SMILES string of the molecule is COc1c(C)cccc1C(=O)Nc1ccc(C)c(Br)c1. The molecular weight excluding hydrogens is 318 g/mol. The van der Waals surface area contributed by atoms with E-state index in [9.17, 15) is 4.79 Å². The van der Waals surface area contributed by atoms with E-state index in [1.165, 1.54) is 0 Å². The largest absolute Gasteiger partial charge is 0.496 e. The van der Waals surface area contributed by atoms with Crippen LogP contribution in [0.25, 0.3) is 0 Å². The molecule has 0 aliphatic rings. The molecular formula is C16H16BrNO2. The molecule has 1 N–H and O–H groups in total. The molecule has 2 aromatic rings. The average molecular weight is 334 g/mol. The summed E-state index contributed by atoms with van der Waals surface area (Å²) in [6, 6.07) is 11.2. The van der Waals surface area contributed by atoms with E-state index in [1.54, 1.807) is 13.2 Å². The number of amides is 1. The van der Waals surface area contributed by atoms with Gasteiger partial charge in [0, 0.05) is 10.2 Å². The van der Waals surface area contributed by atoms with Crippen molar-refractivity contribution in [3.05, 3.63) is 57.6 Å². The van der Waals surface area contributed by atoms with Crippen LogP contribution in [-0.2, 0) is 0 Å². The molecule has 0 fully saturated rings. The van der Waals surface area contributed by atoms with Crippen molar-refractivity contribution >= 4 is 27.5 Å². The highest BCUT2D eigenvalue weighted by molar-refractivity contribution is 9.10. The Morgan fingerprint density at radius 2 is 1.90 bits per heavy atom. The summed E-state index contributed by atoms with van der Waals surface area (Å²) < 4.78 is 6.27. The van der Waals surface area contributed by atoms with Gasteiger partial charge in [-0.3, -0.25) is 4.79 Å². The van der Waals surface area contributed by atoms with E-state index in [2.05, 4.69) is 21.2 Å². The van der Waals surface area contributed by atoms with Gasteiger partial charge in [-0.15, -0.1) is 0 Å². The van der Waals surface area contributed by atoms with Crippen molar-refractivity contribution in [3.63, 3.8) is 0 Å². The van der Waals surface area contributed by atoms with Gasteiger partial charge in [0.2, 0.25) is 0 Å². The molecule has 0 heterocycles. The average Bonchev–Trinajstić information content (AvgIpc) is 2.42. The van der Waals surface area contributed by atoms with Crippen LogP contribution in [-0.4, -0.2) is 13.0 Å². The molecule has 1 amide bonds. The van der Waals surface area contributed by atoms with Crippen LogP contribution in [0.5, 0.6) is 5.75 Å². The number of carbonyl (C=O) groups excluding carboxylic acids is 1. The quantitative estimate of drug-likeness (QED) is 0.907. The molecule has 2 rings (SSSR count). The van der Waals surface area contributed by atoms with Crippen LogP contribution in [0.15, 0.2) is 40.9 Å². The van der Waals surface area contributed by atoms with Gasteiger partial charge in [0.25, 0.3) is 5.91 Å². The highest BCUT2D eigenvalue weighted by atomic mass is 79.9. The second-order valence-electron chi connectivity index (χ2n) is 4.57. The number of hydrogen-bond acceptors (Lipinski definition) is 2. The van der Waals surface area contributed by atoms with Crippen LogP contribution in [0.4, 0.5) is 5.69 Å². The summed E-state index contributed by atoms with van der Waals surface area (Å²) in [7, 11) is 1.57. The molecule has 3 nitrogen and oxygen atoms in total. The lowest BCUT2D eigenvalue weighted by molar-refractivity contribution is 0.102. The lowest BCUT2D eigenvalue weighted by Crippen LogP contribution is -2.13. The zero-order valence-corrected chi connectivity index (χ0v) is 13.2. The predicted molar refractivity (Wildman–Crippen MR) is 84.6 cm³/mol. The first-order chi connectivity index (χ1) is 9.52. The van der Waals surface area contributed by atoms with Gasteiger partial charge < -0.3 is 10.1 Å². The molecule has 0 bridgehead atoms. The van der Waals surface area contributed by atoms with Crippen molar-refractivity contribution in [2.75, 3.05) is 12.4 Å². The maximum absolute atomic E-state index is 12.3. The number of ether oxygens (including phenoxy) is 1. The first kappa shape index (κ1) is 14.6. The number of methoxy groups -OCH3 is 1. The molecule has 0 saturated heterocycles. The van der Waals surface area contributed by atoms with E-state index in [4.69, 9.17) is 4.74 Å². The fourth-order valence-electron chi connectivity index (χ4n) is 1.97. The van der Waals surface area contributed by atoms with Crippen molar-refractivity contribution < 1.29 is 9.53 Å². The van der Waals surface area contributed by atoms with Crippen molar-refractivity contribution in [1.29, 1.82) is 0 Å². The number of benzene rings is 2. The molecule has 0 saturated carbocycles. The Morgan fingerprint density at radius 1 is 1.15 bits per heavy atom. The normalized spacial score (nSPS) is 10.2. The van der Waals surface area contributed by atoms with E-state index in [0.717, 1.165) is 21.3 Å². The van der Waals surface area contributed by atoms with Gasteiger partial charge in [-0.05, 0) is 43.2 Å². The van der Waals surface area contributed by atoms with Gasteiger partial charge in [0.15, 0.2) is 0 Å². The first-order valence-electron chi connectivity index (χ1n) is 6.24. The number of rotatable bonds is 3. The minimum absolute atomic E-state index is 0.179. The Hall–Kier alpha value is -1.81. The lowest BCUT2D eigenvalue weighted by Gasteiger charge is -2.12. The highest BCUT2D eigenvalue weighted by Crippen LogP contribution is 2.25. The second-order valence-corrected chi connectivity index (χ2v) is 5.43. The fourth-order valence-corrected chi connectivity index (χ4v) is 2.35. The minimum Gasteiger partial charge on any atom is -0.496 e. The van der Waals surface area contributed by atoms with Gasteiger partial charge in [-0.2, -0.15) is 0 Å². The van der Waals surface area contributed by atoms with Crippen LogP contribution in [0, 0.1) is 13.8 Å². The molecule has 0 atom stereocenters. The van der Waals surface area contributed by atoms with Gasteiger partial charge in [0.1, 0.15) is 5.75 Å². The summed E-state index contributed by atoms with van der Waals surface area (Å²) in [6.07, 6.45) is 0. The Labute approximate surface area is 127 Å². The number of carbonyl (C=O) groups is 1. The third kappa shape index (κ3) is 3.02. The Bertz CT molecular complexity index is 653. The van der Waals surface area contributed by atoms with Crippen LogP contribution in [0.3, 0.4) is 0 Å². The Balaban J connectivity index is 2.28. The summed E-state index contributed by atoms with van der Waals surface area (Å²) in [5, 5.41) is 2.88. The van der Waals surface area contributed by atoms with E-state index >= 15 is 0 Å². The third-order valence-corrected chi connectivity index (χ3v) is 3.94. The number of para-hydroxylation sites is 1. The maximum atomic E-state index is 12.3. The summed E-state index contributed by atoms with van der Waals surface area (Å²) in [5.41, 5.74) is 3.33. The van der Waals surface area contributed by atoms with Gasteiger partial charge >= 0.3 is 0 Å². The van der Waals surface area contributed by atoms with Crippen LogP contribution < -0.4 is 10.1 Å². The van der Waals surface area contributed by atoms with Gasteiger partial charge in [0.05, 0.1) is 12.7 Å². The van der Waals surface area contributed by atoms with Crippen LogP contribution in [0.2, 0.25) is 0 Å². The summed E-state index contributed by atoms with van der Waals surface area (Å²) in [6.45, 7) is 3.91. The Morgan fingerprint density at radius 3 is 2.55 bits per heavy atom. The molecule has 2 aromatic carbocycles. The third-order valence-electron chi connectivity index (χ3n) is 3.09. The fraction of sp³-hybridized carbons (Fsp3) is 0.188. The monoisotopic (exact) mass is 333 g/mol. The summed E-state index contributed by atoms with van der Waals surface area (Å²) in [4.78, 5) is 12.3. The zero-order chi connectivity index (χ0) is 14.7. The van der Waals surface area contributed by atoms with Gasteiger partial charge in [-0.25, -0.2) is 0 Å². The number of aryl methyl sites for hydroxylation is 2. The van der Waals surface area contributed by atoms with E-state index in [1.807, 2.05) is 44.2 Å².